The summed E-state index contributed by atoms with van der Waals surface area (Å²) in [6, 6.07) is 7.87. The normalized spacial score (nSPS) is 10.4. The molecule has 0 amide bonds. The molecule has 0 bridgehead atoms. The summed E-state index contributed by atoms with van der Waals surface area (Å²) in [7, 11) is 0. The van der Waals surface area contributed by atoms with Crippen LogP contribution in [0.5, 0.6) is 11.5 Å². The summed E-state index contributed by atoms with van der Waals surface area (Å²) in [5.41, 5.74) is -4.03. The van der Waals surface area contributed by atoms with Crippen LogP contribution in [0.1, 0.15) is 31.8 Å². The van der Waals surface area contributed by atoms with Crippen molar-refractivity contribution < 1.29 is 38.8 Å². The van der Waals surface area contributed by atoms with Crippen molar-refractivity contribution in [3.63, 3.8) is 0 Å². The third-order valence-electron chi connectivity index (χ3n) is 5.21. The van der Waals surface area contributed by atoms with Gasteiger partial charge in [-0.25, -0.2) is 9.59 Å². The van der Waals surface area contributed by atoms with Crippen LogP contribution in [-0.4, -0.2) is 31.6 Å². The number of ether oxygens (including phenoxy) is 2. The SMILES string of the molecule is Cc1c(C(=O)Oc2cccc(OC(=O)c3cc([N+](=O)[O-])cc([N+](=O)[O-])c3C)c2)cc([N+](=O)[O-])cc1[N+](=O)[O-]. The lowest BCUT2D eigenvalue weighted by molar-refractivity contribution is -0.394. The number of hydrogen-bond acceptors (Lipinski definition) is 12. The van der Waals surface area contributed by atoms with Gasteiger partial charge in [0.1, 0.15) is 11.5 Å². The lowest BCUT2D eigenvalue weighted by Gasteiger charge is -2.10. The Hall–Kier alpha value is -5.80. The quantitative estimate of drug-likeness (QED) is 0.172. The zero-order chi connectivity index (χ0) is 28.3. The van der Waals surface area contributed by atoms with Gasteiger partial charge in [-0.1, -0.05) is 6.07 Å². The lowest BCUT2D eigenvalue weighted by atomic mass is 10.1. The van der Waals surface area contributed by atoms with Gasteiger partial charge in [-0.15, -0.1) is 0 Å². The fourth-order valence-electron chi connectivity index (χ4n) is 3.31. The Balaban J connectivity index is 1.91. The smallest absolute Gasteiger partial charge is 0.344 e. The summed E-state index contributed by atoms with van der Waals surface area (Å²) >= 11 is 0. The van der Waals surface area contributed by atoms with Crippen molar-refractivity contribution in [2.75, 3.05) is 0 Å². The Morgan fingerprint density at radius 2 is 0.974 bits per heavy atom. The number of nitro groups is 4. The van der Waals surface area contributed by atoms with E-state index >= 15 is 0 Å². The fraction of sp³-hybridized carbons (Fsp3) is 0.0909. The number of benzene rings is 3. The second-order valence-corrected chi connectivity index (χ2v) is 7.56. The minimum absolute atomic E-state index is 0.184. The Bertz CT molecular complexity index is 1440. The molecule has 16 heteroatoms. The van der Waals surface area contributed by atoms with Crippen molar-refractivity contribution in [1.29, 1.82) is 0 Å². The summed E-state index contributed by atoms with van der Waals surface area (Å²) in [5.74, 6) is -2.81. The van der Waals surface area contributed by atoms with Gasteiger partial charge >= 0.3 is 11.9 Å². The van der Waals surface area contributed by atoms with Crippen LogP contribution in [0.3, 0.4) is 0 Å². The van der Waals surface area contributed by atoms with Crippen LogP contribution in [0.4, 0.5) is 22.7 Å². The van der Waals surface area contributed by atoms with Crippen LogP contribution < -0.4 is 9.47 Å². The second kappa shape index (κ2) is 10.4. The van der Waals surface area contributed by atoms with E-state index in [4.69, 9.17) is 9.47 Å². The third kappa shape index (κ3) is 5.54. The molecule has 0 aromatic heterocycles. The fourth-order valence-corrected chi connectivity index (χ4v) is 3.31. The minimum Gasteiger partial charge on any atom is -0.423 e. The van der Waals surface area contributed by atoms with Gasteiger partial charge < -0.3 is 9.47 Å². The number of nitrogens with zero attached hydrogens (tertiary/aromatic N) is 4. The first-order valence-corrected chi connectivity index (χ1v) is 10.2. The maximum Gasteiger partial charge on any atom is 0.344 e. The molecule has 0 aliphatic heterocycles. The van der Waals surface area contributed by atoms with Gasteiger partial charge in [-0.3, -0.25) is 40.5 Å². The highest BCUT2D eigenvalue weighted by atomic mass is 16.6. The molecule has 0 atom stereocenters. The zero-order valence-corrected chi connectivity index (χ0v) is 19.3. The predicted octanol–water partition coefficient (Wildman–Crippen LogP) is 4.37. The van der Waals surface area contributed by atoms with E-state index in [9.17, 15) is 50.0 Å². The molecule has 0 saturated heterocycles. The molecule has 3 aromatic rings. The summed E-state index contributed by atoms with van der Waals surface area (Å²) in [4.78, 5) is 66.5. The van der Waals surface area contributed by atoms with Gasteiger partial charge in [0.05, 0.1) is 43.0 Å². The number of non-ortho nitro benzene ring substituents is 2. The molecule has 0 spiro atoms. The predicted molar refractivity (Wildman–Crippen MR) is 125 cm³/mol. The molecular formula is C22H14N4O12. The summed E-state index contributed by atoms with van der Waals surface area (Å²) in [6.07, 6.45) is 0. The monoisotopic (exact) mass is 526 g/mol. The largest absolute Gasteiger partial charge is 0.423 e. The Labute approximate surface area is 210 Å². The molecule has 0 N–H and O–H groups in total. The molecular weight excluding hydrogens is 512 g/mol. The van der Waals surface area contributed by atoms with Crippen LogP contribution in [0.15, 0.2) is 48.5 Å². The first kappa shape index (κ1) is 26.8. The van der Waals surface area contributed by atoms with E-state index in [1.807, 2.05) is 0 Å². The van der Waals surface area contributed by atoms with Crippen LogP contribution >= 0.6 is 0 Å². The van der Waals surface area contributed by atoms with E-state index in [2.05, 4.69) is 0 Å². The van der Waals surface area contributed by atoms with Crippen molar-refractivity contribution >= 4 is 34.7 Å². The van der Waals surface area contributed by atoms with E-state index in [1.165, 1.54) is 32.0 Å². The number of nitro benzene ring substituents is 4. The lowest BCUT2D eigenvalue weighted by Crippen LogP contribution is -2.13. The molecule has 0 aliphatic rings. The Kier molecular flexibility index (Phi) is 7.36. The van der Waals surface area contributed by atoms with E-state index in [0.29, 0.717) is 12.1 Å². The molecule has 0 radical (unpaired) electrons. The maximum absolute atomic E-state index is 12.7. The highest BCUT2D eigenvalue weighted by molar-refractivity contribution is 5.95. The minimum atomic E-state index is -1.18. The van der Waals surface area contributed by atoms with Gasteiger partial charge in [0.25, 0.3) is 22.7 Å². The van der Waals surface area contributed by atoms with Crippen molar-refractivity contribution in [3.8, 4) is 11.5 Å². The topological polar surface area (TPSA) is 225 Å². The molecule has 0 fully saturated rings. The highest BCUT2D eigenvalue weighted by Gasteiger charge is 2.27. The molecule has 3 aromatic carbocycles. The first-order chi connectivity index (χ1) is 17.8. The molecule has 3 rings (SSSR count). The molecule has 0 heterocycles. The number of rotatable bonds is 8. The highest BCUT2D eigenvalue weighted by Crippen LogP contribution is 2.31. The molecule has 0 unspecified atom stereocenters. The summed E-state index contributed by atoms with van der Waals surface area (Å²) in [5, 5.41) is 44.8. The van der Waals surface area contributed by atoms with Gasteiger partial charge in [-0.05, 0) is 26.0 Å². The summed E-state index contributed by atoms with van der Waals surface area (Å²) < 4.78 is 10.3. The molecule has 16 nitrogen and oxygen atoms in total. The number of esters is 2. The second-order valence-electron chi connectivity index (χ2n) is 7.56. The van der Waals surface area contributed by atoms with Gasteiger partial charge in [0, 0.05) is 29.3 Å². The molecule has 0 aliphatic carbocycles. The third-order valence-corrected chi connectivity index (χ3v) is 5.21. The van der Waals surface area contributed by atoms with Crippen LogP contribution in [0, 0.1) is 54.3 Å². The van der Waals surface area contributed by atoms with E-state index in [0.717, 1.165) is 18.2 Å². The van der Waals surface area contributed by atoms with E-state index < -0.39 is 65.5 Å². The van der Waals surface area contributed by atoms with Gasteiger partial charge in [-0.2, -0.15) is 0 Å². The molecule has 0 saturated carbocycles. The summed E-state index contributed by atoms with van der Waals surface area (Å²) in [6.45, 7) is 2.41. The van der Waals surface area contributed by atoms with Crippen molar-refractivity contribution in [2.24, 2.45) is 0 Å². The van der Waals surface area contributed by atoms with Crippen molar-refractivity contribution in [2.45, 2.75) is 13.8 Å². The molecule has 194 valence electrons. The average molecular weight is 526 g/mol. The first-order valence-electron chi connectivity index (χ1n) is 10.2. The molecule has 38 heavy (non-hydrogen) atoms. The van der Waals surface area contributed by atoms with Crippen LogP contribution in [0.2, 0.25) is 0 Å². The van der Waals surface area contributed by atoms with Crippen LogP contribution in [0.25, 0.3) is 0 Å². The standard InChI is InChI=1S/C22H14N4O12/c1-11-17(6-13(23(29)30)8-19(11)25(33)34)21(27)37-15-4-3-5-16(10-15)38-22(28)18-7-14(24(31)32)9-20(12(18)2)26(35)36/h3-10H,1-2H3. The maximum atomic E-state index is 12.7. The Morgan fingerprint density at radius 1 is 0.605 bits per heavy atom. The van der Waals surface area contributed by atoms with Gasteiger partial charge in [0.2, 0.25) is 0 Å². The van der Waals surface area contributed by atoms with Gasteiger partial charge in [0.15, 0.2) is 0 Å². The van der Waals surface area contributed by atoms with E-state index in [1.54, 1.807) is 0 Å². The average Bonchev–Trinajstić information content (AvgIpc) is 2.83. The Morgan fingerprint density at radius 3 is 1.29 bits per heavy atom. The van der Waals surface area contributed by atoms with Crippen molar-refractivity contribution in [3.05, 3.63) is 111 Å². The zero-order valence-electron chi connectivity index (χ0n) is 19.3. The number of carbonyl (C=O) groups excluding carboxylic acids is 2. The van der Waals surface area contributed by atoms with Crippen LogP contribution in [-0.2, 0) is 0 Å². The van der Waals surface area contributed by atoms with Crippen molar-refractivity contribution in [1.82, 2.24) is 0 Å². The number of carbonyl (C=O) groups is 2. The number of hydrogen-bond donors (Lipinski definition) is 0. The van der Waals surface area contributed by atoms with E-state index in [-0.39, 0.29) is 22.6 Å².